The first-order valence-corrected chi connectivity index (χ1v) is 8.89. The van der Waals surface area contributed by atoms with Gasteiger partial charge in [0.15, 0.2) is 0 Å². The lowest BCUT2D eigenvalue weighted by molar-refractivity contribution is 0.296. The third-order valence-electron chi connectivity index (χ3n) is 5.00. The molecule has 1 aromatic carbocycles. The summed E-state index contributed by atoms with van der Waals surface area (Å²) in [5.74, 6) is 0.780. The molecule has 24 heavy (non-hydrogen) atoms. The minimum atomic E-state index is -0.228. The molecule has 1 unspecified atom stereocenters. The number of anilines is 1. The van der Waals surface area contributed by atoms with Gasteiger partial charge in [-0.2, -0.15) is 0 Å². The second kappa shape index (κ2) is 9.45. The zero-order valence-corrected chi connectivity index (χ0v) is 14.4. The van der Waals surface area contributed by atoms with Crippen LogP contribution in [0.25, 0.3) is 0 Å². The summed E-state index contributed by atoms with van der Waals surface area (Å²) in [7, 11) is 0. The van der Waals surface area contributed by atoms with Crippen LogP contribution in [-0.4, -0.2) is 24.8 Å². The molecule has 1 saturated carbocycles. The zero-order valence-electron chi connectivity index (χ0n) is 14.4. The Labute approximate surface area is 145 Å². The van der Waals surface area contributed by atoms with Crippen LogP contribution in [0.4, 0.5) is 5.69 Å². The van der Waals surface area contributed by atoms with Gasteiger partial charge in [0.1, 0.15) is 0 Å². The predicted molar refractivity (Wildman–Crippen MR) is 102 cm³/mol. The van der Waals surface area contributed by atoms with E-state index < -0.39 is 0 Å². The molecular weight excluding hydrogens is 298 g/mol. The van der Waals surface area contributed by atoms with Crippen molar-refractivity contribution in [2.75, 3.05) is 12.3 Å². The SMILES string of the molecule is N=C/C(=C\NC1CCC(CCN)CC1)C(N)Cc1ccccc1N. The zero-order chi connectivity index (χ0) is 17.4. The quantitative estimate of drug-likeness (QED) is 0.371. The van der Waals surface area contributed by atoms with Crippen LogP contribution in [0.2, 0.25) is 0 Å². The Balaban J connectivity index is 1.87. The number of hydrogen-bond acceptors (Lipinski definition) is 5. The first-order valence-electron chi connectivity index (χ1n) is 8.89. The van der Waals surface area contributed by atoms with E-state index in [4.69, 9.17) is 22.6 Å². The summed E-state index contributed by atoms with van der Waals surface area (Å²) in [5.41, 5.74) is 20.5. The van der Waals surface area contributed by atoms with E-state index in [-0.39, 0.29) is 6.04 Å². The van der Waals surface area contributed by atoms with Gasteiger partial charge in [0, 0.05) is 35.8 Å². The molecule has 1 fully saturated rings. The molecular formula is C19H31N5. The van der Waals surface area contributed by atoms with E-state index in [1.54, 1.807) is 0 Å². The third-order valence-corrected chi connectivity index (χ3v) is 5.00. The Morgan fingerprint density at radius 1 is 1.25 bits per heavy atom. The number of nitrogens with two attached hydrogens (primary N) is 3. The molecule has 1 aliphatic carbocycles. The van der Waals surface area contributed by atoms with E-state index in [0.717, 1.165) is 48.5 Å². The van der Waals surface area contributed by atoms with Crippen LogP contribution in [0.3, 0.4) is 0 Å². The average Bonchev–Trinajstić information content (AvgIpc) is 2.59. The summed E-state index contributed by atoms with van der Waals surface area (Å²) in [5, 5.41) is 11.1. The molecule has 5 nitrogen and oxygen atoms in total. The lowest BCUT2D eigenvalue weighted by atomic mass is 9.84. The molecule has 1 atom stereocenters. The number of rotatable bonds is 8. The Morgan fingerprint density at radius 3 is 2.58 bits per heavy atom. The minimum absolute atomic E-state index is 0.228. The van der Waals surface area contributed by atoms with Crippen molar-refractivity contribution < 1.29 is 0 Å². The molecule has 1 aliphatic rings. The highest BCUT2D eigenvalue weighted by atomic mass is 14.9. The van der Waals surface area contributed by atoms with Crippen LogP contribution in [0.1, 0.15) is 37.7 Å². The molecule has 0 aliphatic heterocycles. The van der Waals surface area contributed by atoms with Crippen molar-refractivity contribution in [3.8, 4) is 0 Å². The van der Waals surface area contributed by atoms with Gasteiger partial charge >= 0.3 is 0 Å². The minimum Gasteiger partial charge on any atom is -0.399 e. The van der Waals surface area contributed by atoms with Gasteiger partial charge in [-0.25, -0.2) is 0 Å². The molecule has 0 radical (unpaired) electrons. The van der Waals surface area contributed by atoms with Gasteiger partial charge in [-0.15, -0.1) is 0 Å². The smallest absolute Gasteiger partial charge is 0.0366 e. The van der Waals surface area contributed by atoms with E-state index >= 15 is 0 Å². The van der Waals surface area contributed by atoms with E-state index in [2.05, 4.69) is 5.32 Å². The highest BCUT2D eigenvalue weighted by Gasteiger charge is 2.20. The monoisotopic (exact) mass is 329 g/mol. The maximum atomic E-state index is 7.66. The number of nitrogens with one attached hydrogen (secondary N) is 2. The van der Waals surface area contributed by atoms with Gasteiger partial charge in [0.25, 0.3) is 0 Å². The molecule has 0 amide bonds. The van der Waals surface area contributed by atoms with Gasteiger partial charge < -0.3 is 27.9 Å². The Hall–Kier alpha value is -1.85. The normalized spacial score (nSPS) is 22.8. The molecule has 132 valence electrons. The molecule has 0 spiro atoms. The Bertz CT molecular complexity index is 546. The van der Waals surface area contributed by atoms with E-state index in [1.807, 2.05) is 30.5 Å². The second-order valence-corrected chi connectivity index (χ2v) is 6.76. The highest BCUT2D eigenvalue weighted by Crippen LogP contribution is 2.26. The standard InChI is InChI=1S/C19H31N5/c20-10-9-14-5-7-17(8-6-14)24-13-16(12-21)19(23)11-15-3-1-2-4-18(15)22/h1-4,12-14,17,19,21,24H,5-11,20,22-23H2/b16-13+,21-12?. The lowest BCUT2D eigenvalue weighted by Crippen LogP contribution is -2.33. The molecule has 5 heteroatoms. The molecule has 0 heterocycles. The fourth-order valence-corrected chi connectivity index (χ4v) is 3.40. The summed E-state index contributed by atoms with van der Waals surface area (Å²) in [4.78, 5) is 0. The van der Waals surface area contributed by atoms with E-state index in [1.165, 1.54) is 19.1 Å². The summed E-state index contributed by atoms with van der Waals surface area (Å²) in [6.07, 6.45) is 9.82. The Morgan fingerprint density at radius 2 is 1.96 bits per heavy atom. The molecule has 2 rings (SSSR count). The molecule has 0 aromatic heterocycles. The summed E-state index contributed by atoms with van der Waals surface area (Å²) in [6, 6.07) is 8.00. The van der Waals surface area contributed by atoms with Crippen molar-refractivity contribution >= 4 is 11.9 Å². The van der Waals surface area contributed by atoms with Crippen LogP contribution in [0.5, 0.6) is 0 Å². The predicted octanol–water partition coefficient (Wildman–Crippen LogP) is 2.17. The second-order valence-electron chi connectivity index (χ2n) is 6.76. The number of benzene rings is 1. The van der Waals surface area contributed by atoms with Crippen LogP contribution >= 0.6 is 0 Å². The summed E-state index contributed by atoms with van der Waals surface area (Å²) in [6.45, 7) is 0.790. The Kier molecular flexibility index (Phi) is 7.28. The van der Waals surface area contributed by atoms with Crippen molar-refractivity contribution in [1.29, 1.82) is 5.41 Å². The number of nitrogen functional groups attached to an aromatic ring is 1. The molecule has 1 aromatic rings. The highest BCUT2D eigenvalue weighted by molar-refractivity contribution is 5.77. The summed E-state index contributed by atoms with van der Waals surface area (Å²) < 4.78 is 0. The molecule has 8 N–H and O–H groups in total. The van der Waals surface area contributed by atoms with Crippen LogP contribution in [-0.2, 0) is 6.42 Å². The van der Waals surface area contributed by atoms with Crippen molar-refractivity contribution in [3.63, 3.8) is 0 Å². The maximum absolute atomic E-state index is 7.66. The number of hydrogen-bond donors (Lipinski definition) is 5. The van der Waals surface area contributed by atoms with Crippen LogP contribution < -0.4 is 22.5 Å². The molecule has 0 saturated heterocycles. The van der Waals surface area contributed by atoms with Crippen molar-refractivity contribution in [1.82, 2.24) is 5.32 Å². The topological polar surface area (TPSA) is 114 Å². The first kappa shape index (κ1) is 18.5. The van der Waals surface area contributed by atoms with Gasteiger partial charge in [-0.3, -0.25) is 0 Å². The average molecular weight is 329 g/mol. The van der Waals surface area contributed by atoms with Crippen molar-refractivity contribution in [2.24, 2.45) is 17.4 Å². The van der Waals surface area contributed by atoms with Gasteiger partial charge in [0.05, 0.1) is 0 Å². The largest absolute Gasteiger partial charge is 0.399 e. The lowest BCUT2D eigenvalue weighted by Gasteiger charge is -2.29. The van der Waals surface area contributed by atoms with Crippen LogP contribution in [0, 0.1) is 11.3 Å². The van der Waals surface area contributed by atoms with Gasteiger partial charge in [-0.1, -0.05) is 18.2 Å². The third kappa shape index (κ3) is 5.35. The first-order chi connectivity index (χ1) is 11.6. The number of para-hydroxylation sites is 1. The fourth-order valence-electron chi connectivity index (χ4n) is 3.40. The van der Waals surface area contributed by atoms with Crippen molar-refractivity contribution in [3.05, 3.63) is 41.6 Å². The van der Waals surface area contributed by atoms with Crippen LogP contribution in [0.15, 0.2) is 36.0 Å². The van der Waals surface area contributed by atoms with E-state index in [9.17, 15) is 0 Å². The van der Waals surface area contributed by atoms with Gasteiger partial charge in [-0.05, 0) is 62.6 Å². The molecule has 0 bridgehead atoms. The summed E-state index contributed by atoms with van der Waals surface area (Å²) >= 11 is 0. The van der Waals surface area contributed by atoms with E-state index in [0.29, 0.717) is 12.5 Å². The van der Waals surface area contributed by atoms with Crippen molar-refractivity contribution in [2.45, 2.75) is 50.6 Å². The van der Waals surface area contributed by atoms with Gasteiger partial charge in [0.2, 0.25) is 0 Å². The fraction of sp³-hybridized carbons (Fsp3) is 0.526. The maximum Gasteiger partial charge on any atom is 0.0366 e.